The molecule has 3 aromatic rings. The van der Waals surface area contributed by atoms with Gasteiger partial charge in [0.05, 0.1) is 0 Å². The molecule has 0 spiro atoms. The molecule has 1 aliphatic heterocycles. The minimum Gasteiger partial charge on any atom is -0.491 e. The molecule has 6 heteroatoms. The first-order valence-corrected chi connectivity index (χ1v) is 11.6. The lowest BCUT2D eigenvalue weighted by atomic mass is 9.85. The van der Waals surface area contributed by atoms with Crippen molar-refractivity contribution in [3.05, 3.63) is 90.0 Å². The SMILES string of the molecule is COC(COc1ccccc1)CN1CCC(C(=O)c2ccc(F)cc2-c2ccc(F)cc2)CC1. The van der Waals surface area contributed by atoms with Crippen LogP contribution in [0.4, 0.5) is 8.78 Å². The number of Topliss-reactive ketones (excluding diaryl/α,β-unsaturated/α-hetero) is 1. The van der Waals surface area contributed by atoms with Gasteiger partial charge < -0.3 is 14.4 Å². The predicted octanol–water partition coefficient (Wildman–Crippen LogP) is 5.62. The molecule has 1 saturated heterocycles. The number of likely N-dealkylation sites (tertiary alicyclic amines) is 1. The highest BCUT2D eigenvalue weighted by molar-refractivity contribution is 6.03. The van der Waals surface area contributed by atoms with E-state index in [4.69, 9.17) is 9.47 Å². The van der Waals surface area contributed by atoms with Crippen molar-refractivity contribution in [2.45, 2.75) is 18.9 Å². The van der Waals surface area contributed by atoms with Crippen LogP contribution in [0.25, 0.3) is 11.1 Å². The Morgan fingerprint density at radius 3 is 2.32 bits per heavy atom. The first-order valence-electron chi connectivity index (χ1n) is 11.6. The molecule has 0 amide bonds. The Morgan fingerprint density at radius 1 is 0.971 bits per heavy atom. The van der Waals surface area contributed by atoms with E-state index in [1.54, 1.807) is 25.3 Å². The van der Waals surface area contributed by atoms with Crippen LogP contribution in [0.5, 0.6) is 5.75 Å². The summed E-state index contributed by atoms with van der Waals surface area (Å²) in [6.45, 7) is 2.72. The van der Waals surface area contributed by atoms with Crippen LogP contribution in [0, 0.1) is 17.6 Å². The van der Waals surface area contributed by atoms with E-state index in [0.29, 0.717) is 23.3 Å². The van der Waals surface area contributed by atoms with Crippen LogP contribution in [-0.4, -0.2) is 50.1 Å². The number of halogens is 2. The van der Waals surface area contributed by atoms with Gasteiger partial charge in [0.25, 0.3) is 0 Å². The van der Waals surface area contributed by atoms with E-state index in [1.165, 1.54) is 24.3 Å². The van der Waals surface area contributed by atoms with Gasteiger partial charge in [-0.2, -0.15) is 0 Å². The fourth-order valence-corrected chi connectivity index (χ4v) is 4.39. The van der Waals surface area contributed by atoms with Crippen molar-refractivity contribution in [1.29, 1.82) is 0 Å². The first kappa shape index (κ1) is 24.0. The molecule has 178 valence electrons. The van der Waals surface area contributed by atoms with Gasteiger partial charge in [0, 0.05) is 25.1 Å². The fraction of sp³-hybridized carbons (Fsp3) is 0.321. The van der Waals surface area contributed by atoms with E-state index in [0.717, 1.165) is 38.2 Å². The third-order valence-corrected chi connectivity index (χ3v) is 6.33. The number of hydrogen-bond acceptors (Lipinski definition) is 4. The average Bonchev–Trinajstić information content (AvgIpc) is 2.87. The van der Waals surface area contributed by atoms with Crippen molar-refractivity contribution in [1.82, 2.24) is 4.90 Å². The molecule has 3 aromatic carbocycles. The lowest BCUT2D eigenvalue weighted by Gasteiger charge is -2.33. The van der Waals surface area contributed by atoms with Gasteiger partial charge in [-0.15, -0.1) is 0 Å². The smallest absolute Gasteiger partial charge is 0.166 e. The third-order valence-electron chi connectivity index (χ3n) is 6.33. The van der Waals surface area contributed by atoms with Crippen molar-refractivity contribution in [2.24, 2.45) is 5.92 Å². The molecule has 1 fully saturated rings. The molecule has 1 aliphatic rings. The van der Waals surface area contributed by atoms with E-state index in [2.05, 4.69) is 4.90 Å². The number of rotatable bonds is 9. The maximum Gasteiger partial charge on any atom is 0.166 e. The van der Waals surface area contributed by atoms with Gasteiger partial charge in [0.2, 0.25) is 0 Å². The van der Waals surface area contributed by atoms with Gasteiger partial charge in [-0.25, -0.2) is 8.78 Å². The Hall–Kier alpha value is -3.09. The Kier molecular flexibility index (Phi) is 8.03. The molecule has 0 saturated carbocycles. The molecule has 0 radical (unpaired) electrons. The summed E-state index contributed by atoms with van der Waals surface area (Å²) in [7, 11) is 1.68. The van der Waals surface area contributed by atoms with Crippen molar-refractivity contribution in [2.75, 3.05) is 33.4 Å². The van der Waals surface area contributed by atoms with E-state index < -0.39 is 5.82 Å². The Bertz CT molecular complexity index is 1080. The monoisotopic (exact) mass is 465 g/mol. The van der Waals surface area contributed by atoms with Crippen LogP contribution in [0.15, 0.2) is 72.8 Å². The average molecular weight is 466 g/mol. The number of nitrogens with zero attached hydrogens (tertiary/aromatic N) is 1. The molecule has 0 aliphatic carbocycles. The standard InChI is InChI=1S/C28H29F2NO3/c1-33-25(19-34-24-5-3-2-4-6-24)18-31-15-13-21(14-16-31)28(32)26-12-11-23(30)17-27(26)20-7-9-22(29)10-8-20/h2-12,17,21,25H,13-16,18-19H2,1H3. The zero-order valence-electron chi connectivity index (χ0n) is 19.3. The maximum absolute atomic E-state index is 14.0. The molecular weight excluding hydrogens is 436 g/mol. The molecule has 1 heterocycles. The molecule has 34 heavy (non-hydrogen) atoms. The number of methoxy groups -OCH3 is 1. The summed E-state index contributed by atoms with van der Waals surface area (Å²) in [5, 5.41) is 0. The highest BCUT2D eigenvalue weighted by atomic mass is 19.1. The van der Waals surface area contributed by atoms with Crippen LogP contribution < -0.4 is 4.74 Å². The lowest BCUT2D eigenvalue weighted by molar-refractivity contribution is 0.0211. The molecule has 0 aromatic heterocycles. The van der Waals surface area contributed by atoms with Crippen LogP contribution in [0.2, 0.25) is 0 Å². The van der Waals surface area contributed by atoms with Gasteiger partial charge in [-0.05, 0) is 79.5 Å². The number of benzene rings is 3. The number of piperidine rings is 1. The van der Waals surface area contributed by atoms with Gasteiger partial charge in [0.15, 0.2) is 5.78 Å². The fourth-order valence-electron chi connectivity index (χ4n) is 4.39. The molecule has 1 unspecified atom stereocenters. The quantitative estimate of drug-likeness (QED) is 0.385. The third kappa shape index (κ3) is 6.07. The minimum absolute atomic E-state index is 0.00896. The van der Waals surface area contributed by atoms with Crippen LogP contribution in [0.3, 0.4) is 0 Å². The molecule has 4 nitrogen and oxygen atoms in total. The van der Waals surface area contributed by atoms with E-state index >= 15 is 0 Å². The molecule has 1 atom stereocenters. The number of para-hydroxylation sites is 1. The van der Waals surface area contributed by atoms with Crippen LogP contribution >= 0.6 is 0 Å². The summed E-state index contributed by atoms with van der Waals surface area (Å²) >= 11 is 0. The normalized spacial score (nSPS) is 15.7. The summed E-state index contributed by atoms with van der Waals surface area (Å²) in [6.07, 6.45) is 1.36. The topological polar surface area (TPSA) is 38.8 Å². The summed E-state index contributed by atoms with van der Waals surface area (Å²) < 4.78 is 38.8. The molecular formula is C28H29F2NO3. The number of hydrogen-bond donors (Lipinski definition) is 0. The Balaban J connectivity index is 1.36. The maximum atomic E-state index is 14.0. The molecule has 0 N–H and O–H groups in total. The van der Waals surface area contributed by atoms with Crippen LogP contribution in [0.1, 0.15) is 23.2 Å². The number of ether oxygens (including phenoxy) is 2. The van der Waals surface area contributed by atoms with Gasteiger partial charge in [-0.3, -0.25) is 4.79 Å². The van der Waals surface area contributed by atoms with Gasteiger partial charge in [0.1, 0.15) is 30.1 Å². The second-order valence-electron chi connectivity index (χ2n) is 8.62. The lowest BCUT2D eigenvalue weighted by Crippen LogP contribution is -2.42. The Labute approximate surface area is 199 Å². The zero-order chi connectivity index (χ0) is 23.9. The van der Waals surface area contributed by atoms with Crippen molar-refractivity contribution >= 4 is 5.78 Å². The number of ketones is 1. The van der Waals surface area contributed by atoms with E-state index in [9.17, 15) is 13.6 Å². The van der Waals surface area contributed by atoms with E-state index in [-0.39, 0.29) is 23.6 Å². The largest absolute Gasteiger partial charge is 0.491 e. The van der Waals surface area contributed by atoms with Crippen LogP contribution in [-0.2, 0) is 4.74 Å². The minimum atomic E-state index is -0.422. The van der Waals surface area contributed by atoms with Crippen molar-refractivity contribution in [3.8, 4) is 16.9 Å². The highest BCUT2D eigenvalue weighted by Crippen LogP contribution is 2.30. The molecule has 0 bridgehead atoms. The summed E-state index contributed by atoms with van der Waals surface area (Å²) in [5.41, 5.74) is 1.62. The summed E-state index contributed by atoms with van der Waals surface area (Å²) in [5.74, 6) is -0.111. The second-order valence-corrected chi connectivity index (χ2v) is 8.62. The summed E-state index contributed by atoms with van der Waals surface area (Å²) in [4.78, 5) is 15.6. The van der Waals surface area contributed by atoms with E-state index in [1.807, 2.05) is 30.3 Å². The second kappa shape index (κ2) is 11.4. The first-order chi connectivity index (χ1) is 16.5. The number of carbonyl (C=O) groups is 1. The molecule has 4 rings (SSSR count). The van der Waals surface area contributed by atoms with Crippen molar-refractivity contribution in [3.63, 3.8) is 0 Å². The predicted molar refractivity (Wildman–Crippen MR) is 128 cm³/mol. The Morgan fingerprint density at radius 2 is 1.65 bits per heavy atom. The highest BCUT2D eigenvalue weighted by Gasteiger charge is 2.28. The van der Waals surface area contributed by atoms with Gasteiger partial charge in [-0.1, -0.05) is 30.3 Å². The summed E-state index contributed by atoms with van der Waals surface area (Å²) in [6, 6.07) is 19.6. The van der Waals surface area contributed by atoms with Crippen molar-refractivity contribution < 1.29 is 23.0 Å². The zero-order valence-corrected chi connectivity index (χ0v) is 19.3. The number of carbonyl (C=O) groups excluding carboxylic acids is 1. The van der Waals surface area contributed by atoms with Gasteiger partial charge >= 0.3 is 0 Å².